The van der Waals surface area contributed by atoms with Gasteiger partial charge in [-0.15, -0.1) is 0 Å². The van der Waals surface area contributed by atoms with E-state index in [2.05, 4.69) is 4.98 Å². The monoisotopic (exact) mass is 226 g/mol. The van der Waals surface area contributed by atoms with Gasteiger partial charge in [0, 0.05) is 6.20 Å². The number of pyridine rings is 1. The Hall–Kier alpha value is -1.31. The number of nitrogens with one attached hydrogen (secondary N) is 1. The fraction of sp³-hybridized carbons (Fsp3) is 0.167. The van der Waals surface area contributed by atoms with Crippen molar-refractivity contribution in [2.24, 2.45) is 0 Å². The minimum Gasteiger partial charge on any atom is -0.260 e. The van der Waals surface area contributed by atoms with Crippen molar-refractivity contribution in [2.45, 2.75) is 5.51 Å². The third-order valence-corrected chi connectivity index (χ3v) is 2.30. The van der Waals surface area contributed by atoms with Gasteiger partial charge in [-0.25, -0.2) is 4.98 Å². The number of rotatable bonds is 2. The molecule has 0 fully saturated rings. The van der Waals surface area contributed by atoms with E-state index in [-0.39, 0.29) is 5.82 Å². The highest BCUT2D eigenvalue weighted by atomic mass is 32.2. The van der Waals surface area contributed by atoms with E-state index in [9.17, 15) is 21.6 Å². The highest BCUT2D eigenvalue weighted by Crippen LogP contribution is 2.24. The molecule has 8 heteroatoms. The average molecular weight is 226 g/mol. The van der Waals surface area contributed by atoms with E-state index in [0.29, 0.717) is 0 Å². The molecule has 78 valence electrons. The largest absolute Gasteiger partial charge is 0.516 e. The zero-order valence-corrected chi connectivity index (χ0v) is 7.43. The minimum atomic E-state index is -5.36. The predicted molar refractivity (Wildman–Crippen MR) is 42.8 cm³/mol. The van der Waals surface area contributed by atoms with Gasteiger partial charge in [-0.2, -0.15) is 21.6 Å². The van der Waals surface area contributed by atoms with Gasteiger partial charge in [0.2, 0.25) is 0 Å². The van der Waals surface area contributed by atoms with Crippen LogP contribution in [0.2, 0.25) is 0 Å². The Morgan fingerprint density at radius 1 is 1.29 bits per heavy atom. The standard InChI is InChI=1S/C6H5F3N2O2S/c7-6(8,9)14(12,13)11-5-3-1-2-4-10-5/h1-4H,(H,10,11). The Kier molecular flexibility index (Phi) is 2.65. The molecular formula is C6H5F3N2O2S. The molecule has 1 aromatic heterocycles. The lowest BCUT2D eigenvalue weighted by Crippen LogP contribution is -2.30. The Bertz CT molecular complexity index is 401. The third-order valence-electron chi connectivity index (χ3n) is 1.21. The Labute approximate surface area is 77.8 Å². The smallest absolute Gasteiger partial charge is 0.260 e. The molecule has 1 aromatic rings. The molecule has 0 saturated heterocycles. The van der Waals surface area contributed by atoms with Crippen molar-refractivity contribution in [3.8, 4) is 0 Å². The van der Waals surface area contributed by atoms with Crippen LogP contribution in [-0.4, -0.2) is 18.9 Å². The molecule has 1 rings (SSSR count). The SMILES string of the molecule is O=S(=O)(Nc1ccccn1)C(F)(F)F. The number of halogens is 3. The summed E-state index contributed by atoms with van der Waals surface area (Å²) in [6, 6.07) is 3.93. The van der Waals surface area contributed by atoms with E-state index in [1.807, 2.05) is 0 Å². The molecule has 0 amide bonds. The number of aromatic nitrogens is 1. The number of hydrogen-bond donors (Lipinski definition) is 1. The van der Waals surface area contributed by atoms with Crippen LogP contribution in [0.25, 0.3) is 0 Å². The van der Waals surface area contributed by atoms with E-state index in [4.69, 9.17) is 0 Å². The lowest BCUT2D eigenvalue weighted by Gasteiger charge is -2.08. The van der Waals surface area contributed by atoms with Gasteiger partial charge in [-0.3, -0.25) is 4.72 Å². The van der Waals surface area contributed by atoms with Crippen molar-refractivity contribution in [1.29, 1.82) is 0 Å². The second kappa shape index (κ2) is 3.45. The van der Waals surface area contributed by atoms with Gasteiger partial charge in [0.1, 0.15) is 5.82 Å². The van der Waals surface area contributed by atoms with Crippen LogP contribution in [0.3, 0.4) is 0 Å². The number of alkyl halides is 3. The molecule has 4 nitrogen and oxygen atoms in total. The third kappa shape index (κ3) is 2.34. The van der Waals surface area contributed by atoms with Crippen molar-refractivity contribution in [1.82, 2.24) is 4.98 Å². The van der Waals surface area contributed by atoms with Crippen LogP contribution in [0.15, 0.2) is 24.4 Å². The fourth-order valence-corrected chi connectivity index (χ4v) is 1.13. The molecule has 1 N–H and O–H groups in total. The van der Waals surface area contributed by atoms with Gasteiger partial charge in [0.05, 0.1) is 0 Å². The summed E-state index contributed by atoms with van der Waals surface area (Å²) in [4.78, 5) is 3.39. The van der Waals surface area contributed by atoms with Crippen molar-refractivity contribution in [3.63, 3.8) is 0 Å². The van der Waals surface area contributed by atoms with Crippen molar-refractivity contribution in [3.05, 3.63) is 24.4 Å². The Balaban J connectivity index is 2.91. The first kappa shape index (κ1) is 10.8. The van der Waals surface area contributed by atoms with E-state index >= 15 is 0 Å². The fourth-order valence-electron chi connectivity index (χ4n) is 0.619. The Morgan fingerprint density at radius 2 is 1.93 bits per heavy atom. The molecule has 1 heterocycles. The van der Waals surface area contributed by atoms with Crippen molar-refractivity contribution >= 4 is 15.8 Å². The predicted octanol–water partition coefficient (Wildman–Crippen LogP) is 1.34. The molecular weight excluding hydrogens is 221 g/mol. The van der Waals surface area contributed by atoms with E-state index in [1.165, 1.54) is 23.1 Å². The second-order valence-corrected chi connectivity index (χ2v) is 3.94. The first-order chi connectivity index (χ1) is 6.33. The average Bonchev–Trinajstić information content (AvgIpc) is 2.03. The molecule has 0 bridgehead atoms. The van der Waals surface area contributed by atoms with Gasteiger partial charge in [-0.1, -0.05) is 6.07 Å². The number of sulfonamides is 1. The number of nitrogens with zero attached hydrogens (tertiary/aromatic N) is 1. The molecule has 0 atom stereocenters. The molecule has 0 aliphatic carbocycles. The highest BCUT2D eigenvalue weighted by Gasteiger charge is 2.46. The maximum atomic E-state index is 11.8. The summed E-state index contributed by atoms with van der Waals surface area (Å²) in [7, 11) is -5.36. The summed E-state index contributed by atoms with van der Waals surface area (Å²) in [6.07, 6.45) is 1.17. The maximum Gasteiger partial charge on any atom is 0.516 e. The first-order valence-corrected chi connectivity index (χ1v) is 4.81. The molecule has 0 aliphatic rings. The van der Waals surface area contributed by atoms with Gasteiger partial charge < -0.3 is 0 Å². The molecule has 0 spiro atoms. The molecule has 0 radical (unpaired) electrons. The van der Waals surface area contributed by atoms with E-state index < -0.39 is 15.5 Å². The minimum absolute atomic E-state index is 0.371. The van der Waals surface area contributed by atoms with Crippen molar-refractivity contribution < 1.29 is 21.6 Å². The van der Waals surface area contributed by atoms with Gasteiger partial charge >= 0.3 is 15.5 Å². The topological polar surface area (TPSA) is 59.1 Å². The summed E-state index contributed by atoms with van der Waals surface area (Å²) in [6.45, 7) is 0. The summed E-state index contributed by atoms with van der Waals surface area (Å²) in [5, 5.41) is 0. The van der Waals surface area contributed by atoms with Crippen LogP contribution in [0.1, 0.15) is 0 Å². The summed E-state index contributed by atoms with van der Waals surface area (Å²) < 4.78 is 57.9. The first-order valence-electron chi connectivity index (χ1n) is 3.33. The van der Waals surface area contributed by atoms with Gasteiger partial charge in [0.15, 0.2) is 0 Å². The molecule has 0 unspecified atom stereocenters. The Morgan fingerprint density at radius 3 is 2.36 bits per heavy atom. The quantitative estimate of drug-likeness (QED) is 0.827. The summed E-state index contributed by atoms with van der Waals surface area (Å²) in [5.74, 6) is -0.371. The van der Waals surface area contributed by atoms with Crippen LogP contribution >= 0.6 is 0 Å². The maximum absolute atomic E-state index is 11.8. The summed E-state index contributed by atoms with van der Waals surface area (Å²) >= 11 is 0. The van der Waals surface area contributed by atoms with E-state index in [0.717, 1.165) is 6.07 Å². The van der Waals surface area contributed by atoms with Crippen molar-refractivity contribution in [2.75, 3.05) is 4.72 Å². The zero-order valence-electron chi connectivity index (χ0n) is 6.62. The van der Waals surface area contributed by atoms with Gasteiger partial charge in [0.25, 0.3) is 0 Å². The number of anilines is 1. The second-order valence-electron chi connectivity index (χ2n) is 2.27. The lowest BCUT2D eigenvalue weighted by molar-refractivity contribution is -0.0429. The number of hydrogen-bond acceptors (Lipinski definition) is 3. The molecule has 0 aliphatic heterocycles. The molecule has 0 saturated carbocycles. The normalized spacial score (nSPS) is 12.5. The van der Waals surface area contributed by atoms with E-state index in [1.54, 1.807) is 0 Å². The van der Waals surface area contributed by atoms with Gasteiger partial charge in [-0.05, 0) is 12.1 Å². The highest BCUT2D eigenvalue weighted by molar-refractivity contribution is 7.93. The molecule has 14 heavy (non-hydrogen) atoms. The zero-order chi connectivity index (χ0) is 10.8. The lowest BCUT2D eigenvalue weighted by atomic mass is 10.5. The van der Waals surface area contributed by atoms with Crippen LogP contribution in [-0.2, 0) is 10.0 Å². The van der Waals surface area contributed by atoms with Crippen LogP contribution < -0.4 is 4.72 Å². The van der Waals surface area contributed by atoms with Crippen LogP contribution in [0.4, 0.5) is 19.0 Å². The van der Waals surface area contributed by atoms with Crippen LogP contribution in [0.5, 0.6) is 0 Å². The molecule has 0 aromatic carbocycles. The summed E-state index contributed by atoms with van der Waals surface area (Å²) in [5.41, 5.74) is -5.33. The van der Waals surface area contributed by atoms with Crippen LogP contribution in [0, 0.1) is 0 Å².